The van der Waals surface area contributed by atoms with Crippen LogP contribution < -0.4 is 4.74 Å². The van der Waals surface area contributed by atoms with Crippen LogP contribution in [0.25, 0.3) is 0 Å². The van der Waals surface area contributed by atoms with E-state index in [2.05, 4.69) is 6.92 Å². The van der Waals surface area contributed by atoms with E-state index in [0.29, 0.717) is 43.4 Å². The lowest BCUT2D eigenvalue weighted by molar-refractivity contribution is 0.283. The molecule has 0 radical (unpaired) electrons. The zero-order valence-electron chi connectivity index (χ0n) is 17.7. The number of aryl methyl sites for hydroxylation is 1. The van der Waals surface area contributed by atoms with Crippen molar-refractivity contribution in [2.75, 3.05) is 6.61 Å². The predicted molar refractivity (Wildman–Crippen MR) is 111 cm³/mol. The van der Waals surface area contributed by atoms with Gasteiger partial charge in [0.1, 0.15) is 0 Å². The molecule has 30 heavy (non-hydrogen) atoms. The number of ether oxygens (including phenoxy) is 1. The molecule has 1 aliphatic rings. The zero-order valence-corrected chi connectivity index (χ0v) is 17.7. The summed E-state index contributed by atoms with van der Waals surface area (Å²) in [6.45, 7) is 4.02. The predicted octanol–water partition coefficient (Wildman–Crippen LogP) is 7.95. The highest BCUT2D eigenvalue weighted by molar-refractivity contribution is 5.34. The van der Waals surface area contributed by atoms with E-state index < -0.39 is 23.3 Å². The van der Waals surface area contributed by atoms with Gasteiger partial charge in [0, 0.05) is 0 Å². The van der Waals surface area contributed by atoms with Crippen molar-refractivity contribution >= 4 is 0 Å². The lowest BCUT2D eigenvalue weighted by atomic mass is 9.75. The number of hydrogen-bond acceptors (Lipinski definition) is 1. The summed E-state index contributed by atoms with van der Waals surface area (Å²) in [5.41, 5.74) is 1.02. The molecule has 0 heterocycles. The second-order valence-electron chi connectivity index (χ2n) is 8.34. The molecule has 1 aliphatic carbocycles. The summed E-state index contributed by atoms with van der Waals surface area (Å²) in [5.74, 6) is -3.64. The highest BCUT2D eigenvalue weighted by Gasteiger charge is 2.29. The molecule has 0 N–H and O–H groups in total. The van der Waals surface area contributed by atoms with Crippen LogP contribution in [0, 0.1) is 30.2 Å². The van der Waals surface area contributed by atoms with Crippen molar-refractivity contribution in [2.45, 2.75) is 77.0 Å². The molecule has 0 aromatic heterocycles. The molecule has 1 saturated carbocycles. The van der Waals surface area contributed by atoms with Crippen molar-refractivity contribution in [3.63, 3.8) is 0 Å². The lowest BCUT2D eigenvalue weighted by Crippen LogP contribution is -2.15. The fourth-order valence-electron chi connectivity index (χ4n) is 4.38. The maximum atomic E-state index is 14.7. The van der Waals surface area contributed by atoms with E-state index in [4.69, 9.17) is 4.74 Å². The first kappa shape index (κ1) is 22.6. The maximum absolute atomic E-state index is 14.7. The molecule has 2 aromatic rings. The standard InChI is InChI=1S/C25H30F4O/c1-3-4-5-6-15-30-21-14-13-20(24(28)25(21)29)18-10-8-17(9-11-18)19-12-7-16(2)22(26)23(19)27/h7,12-14,17-18H,3-6,8-11,15H2,1-2H3. The van der Waals surface area contributed by atoms with Crippen LogP contribution in [0.5, 0.6) is 5.75 Å². The van der Waals surface area contributed by atoms with Crippen LogP contribution in [0.4, 0.5) is 17.6 Å². The number of halogens is 4. The van der Waals surface area contributed by atoms with Gasteiger partial charge in [-0.1, -0.05) is 44.4 Å². The van der Waals surface area contributed by atoms with Gasteiger partial charge in [0.25, 0.3) is 0 Å². The number of rotatable bonds is 8. The Morgan fingerprint density at radius 1 is 0.733 bits per heavy atom. The molecule has 0 amide bonds. The third-order valence-electron chi connectivity index (χ3n) is 6.24. The van der Waals surface area contributed by atoms with Crippen LogP contribution in [-0.4, -0.2) is 6.61 Å². The SMILES string of the molecule is CCCCCCOc1ccc(C2CCC(c3ccc(C)c(F)c3F)CC2)c(F)c1F. The molecule has 0 aliphatic heterocycles. The third kappa shape index (κ3) is 4.98. The van der Waals surface area contributed by atoms with Crippen LogP contribution in [0.1, 0.15) is 86.8 Å². The molecule has 3 rings (SSSR count). The molecule has 0 unspecified atom stereocenters. The summed E-state index contributed by atoms with van der Waals surface area (Å²) in [6, 6.07) is 6.35. The van der Waals surface area contributed by atoms with Gasteiger partial charge in [-0.2, -0.15) is 4.39 Å². The molecule has 0 saturated heterocycles. The second kappa shape index (κ2) is 10.3. The van der Waals surface area contributed by atoms with Crippen molar-refractivity contribution in [1.82, 2.24) is 0 Å². The number of hydrogen-bond donors (Lipinski definition) is 0. The average molecular weight is 423 g/mol. The van der Waals surface area contributed by atoms with Gasteiger partial charge in [-0.3, -0.25) is 0 Å². The van der Waals surface area contributed by atoms with Crippen molar-refractivity contribution in [3.05, 3.63) is 64.2 Å². The number of unbranched alkanes of at least 4 members (excludes halogenated alkanes) is 3. The molecule has 0 atom stereocenters. The number of benzene rings is 2. The monoisotopic (exact) mass is 422 g/mol. The Hall–Kier alpha value is -2.04. The molecular formula is C25H30F4O. The zero-order chi connectivity index (χ0) is 21.7. The summed E-state index contributed by atoms with van der Waals surface area (Å²) < 4.78 is 62.8. The van der Waals surface area contributed by atoms with E-state index in [-0.39, 0.29) is 23.1 Å². The van der Waals surface area contributed by atoms with Gasteiger partial charge in [-0.25, -0.2) is 13.2 Å². The Morgan fingerprint density at radius 2 is 1.30 bits per heavy atom. The molecule has 0 spiro atoms. The summed E-state index contributed by atoms with van der Waals surface area (Å²) in [5, 5.41) is 0. The van der Waals surface area contributed by atoms with E-state index in [1.807, 2.05) is 0 Å². The topological polar surface area (TPSA) is 9.23 Å². The van der Waals surface area contributed by atoms with Crippen LogP contribution >= 0.6 is 0 Å². The van der Waals surface area contributed by atoms with Gasteiger partial charge in [-0.15, -0.1) is 0 Å². The van der Waals surface area contributed by atoms with Crippen molar-refractivity contribution in [2.24, 2.45) is 0 Å². The molecule has 5 heteroatoms. The summed E-state index contributed by atoms with van der Waals surface area (Å²) in [4.78, 5) is 0. The van der Waals surface area contributed by atoms with Gasteiger partial charge >= 0.3 is 0 Å². The minimum Gasteiger partial charge on any atom is -0.490 e. The largest absolute Gasteiger partial charge is 0.490 e. The smallest absolute Gasteiger partial charge is 0.200 e. The Labute approximate surface area is 176 Å². The fraction of sp³-hybridized carbons (Fsp3) is 0.520. The average Bonchev–Trinajstić information content (AvgIpc) is 2.75. The maximum Gasteiger partial charge on any atom is 0.200 e. The van der Waals surface area contributed by atoms with Crippen molar-refractivity contribution < 1.29 is 22.3 Å². The second-order valence-corrected chi connectivity index (χ2v) is 8.34. The van der Waals surface area contributed by atoms with Crippen molar-refractivity contribution in [1.29, 1.82) is 0 Å². The highest BCUT2D eigenvalue weighted by atomic mass is 19.2. The fourth-order valence-corrected chi connectivity index (χ4v) is 4.38. The molecule has 164 valence electrons. The minimum absolute atomic E-state index is 0.0429. The minimum atomic E-state index is -0.934. The van der Waals surface area contributed by atoms with Crippen LogP contribution in [-0.2, 0) is 0 Å². The first-order chi connectivity index (χ1) is 14.4. The van der Waals surface area contributed by atoms with Gasteiger partial charge in [0.15, 0.2) is 23.2 Å². The van der Waals surface area contributed by atoms with E-state index in [1.54, 1.807) is 18.2 Å². The van der Waals surface area contributed by atoms with Crippen molar-refractivity contribution in [3.8, 4) is 5.75 Å². The molecule has 1 nitrogen and oxygen atoms in total. The first-order valence-corrected chi connectivity index (χ1v) is 11.0. The summed E-state index contributed by atoms with van der Waals surface area (Å²) >= 11 is 0. The van der Waals surface area contributed by atoms with Crippen LogP contribution in [0.15, 0.2) is 24.3 Å². The van der Waals surface area contributed by atoms with E-state index in [9.17, 15) is 17.6 Å². The summed E-state index contributed by atoms with van der Waals surface area (Å²) in [6.07, 6.45) is 6.46. The van der Waals surface area contributed by atoms with Gasteiger partial charge in [0.2, 0.25) is 5.82 Å². The lowest BCUT2D eigenvalue weighted by Gasteiger charge is -2.30. The van der Waals surface area contributed by atoms with Gasteiger partial charge in [-0.05, 0) is 73.6 Å². The van der Waals surface area contributed by atoms with Gasteiger partial charge in [0.05, 0.1) is 6.61 Å². The van der Waals surface area contributed by atoms with E-state index in [1.165, 1.54) is 13.0 Å². The summed E-state index contributed by atoms with van der Waals surface area (Å²) in [7, 11) is 0. The van der Waals surface area contributed by atoms with Crippen LogP contribution in [0.2, 0.25) is 0 Å². The Balaban J connectivity index is 1.63. The Kier molecular flexibility index (Phi) is 7.79. The first-order valence-electron chi connectivity index (χ1n) is 11.0. The van der Waals surface area contributed by atoms with Crippen LogP contribution in [0.3, 0.4) is 0 Å². The third-order valence-corrected chi connectivity index (χ3v) is 6.24. The quantitative estimate of drug-likeness (QED) is 0.310. The molecular weight excluding hydrogens is 392 g/mol. The highest BCUT2D eigenvalue weighted by Crippen LogP contribution is 2.43. The Bertz CT molecular complexity index is 857. The van der Waals surface area contributed by atoms with Gasteiger partial charge < -0.3 is 4.74 Å². The van der Waals surface area contributed by atoms with E-state index >= 15 is 0 Å². The Morgan fingerprint density at radius 3 is 1.90 bits per heavy atom. The molecule has 0 bridgehead atoms. The van der Waals surface area contributed by atoms with E-state index in [0.717, 1.165) is 25.7 Å². The molecule has 2 aromatic carbocycles. The molecule has 1 fully saturated rings. The normalized spacial score (nSPS) is 19.1.